The Morgan fingerprint density at radius 2 is 1.70 bits per heavy atom. The lowest BCUT2D eigenvalue weighted by molar-refractivity contribution is -0.147. The number of Topliss-reactive ketones (excluding diaryl/α,β-unsaturated/α-hetero) is 1. The molecule has 1 N–H and O–H groups in total. The molecule has 2 aromatic rings. The van der Waals surface area contributed by atoms with E-state index >= 15 is 0 Å². The third-order valence-corrected chi connectivity index (χ3v) is 6.47. The second kappa shape index (κ2) is 7.96. The average molecular weight is 425 g/mol. The zero-order valence-corrected chi connectivity index (χ0v) is 19.2. The highest BCUT2D eigenvalue weighted by molar-refractivity contribution is 6.31. The summed E-state index contributed by atoms with van der Waals surface area (Å²) in [5, 5.41) is 13.1. The van der Waals surface area contributed by atoms with Gasteiger partial charge in [-0.1, -0.05) is 53.1 Å². The quantitative estimate of drug-likeness (QED) is 0.549. The SMILES string of the molecule is CC(C)C(=O)c1ccc(NC2C(C)(C)C(Oc3ccc(C#N)c(Cl)c3)C2(C)C)cc1. The van der Waals surface area contributed by atoms with Crippen LogP contribution in [0.25, 0.3) is 0 Å². The molecule has 2 aromatic carbocycles. The van der Waals surface area contributed by atoms with E-state index in [1.165, 1.54) is 0 Å². The highest BCUT2D eigenvalue weighted by Gasteiger charge is 2.63. The predicted octanol–water partition coefficient (Wildman–Crippen LogP) is 6.34. The molecule has 0 heterocycles. The Morgan fingerprint density at radius 3 is 2.20 bits per heavy atom. The first-order valence-corrected chi connectivity index (χ1v) is 10.6. The van der Waals surface area contributed by atoms with Crippen LogP contribution in [0.2, 0.25) is 5.02 Å². The van der Waals surface area contributed by atoms with Crippen LogP contribution in [0.4, 0.5) is 5.69 Å². The van der Waals surface area contributed by atoms with Crippen molar-refractivity contribution < 1.29 is 9.53 Å². The highest BCUT2D eigenvalue weighted by Crippen LogP contribution is 2.56. The summed E-state index contributed by atoms with van der Waals surface area (Å²) in [4.78, 5) is 12.2. The number of nitriles is 1. The van der Waals surface area contributed by atoms with Crippen LogP contribution in [0.3, 0.4) is 0 Å². The molecule has 30 heavy (non-hydrogen) atoms. The van der Waals surface area contributed by atoms with Crippen LogP contribution in [0, 0.1) is 28.1 Å². The number of ether oxygens (including phenoxy) is 1. The second-order valence-electron chi connectivity index (χ2n) is 9.57. The van der Waals surface area contributed by atoms with E-state index in [0.717, 1.165) is 11.3 Å². The van der Waals surface area contributed by atoms with Crippen LogP contribution in [0.1, 0.15) is 57.5 Å². The molecule has 0 saturated heterocycles. The van der Waals surface area contributed by atoms with E-state index < -0.39 is 0 Å². The Morgan fingerprint density at radius 1 is 1.10 bits per heavy atom. The number of rotatable bonds is 6. The van der Waals surface area contributed by atoms with Gasteiger partial charge in [-0.05, 0) is 36.4 Å². The number of halogens is 1. The smallest absolute Gasteiger partial charge is 0.165 e. The van der Waals surface area contributed by atoms with Crippen molar-refractivity contribution in [3.8, 4) is 11.8 Å². The lowest BCUT2D eigenvalue weighted by Crippen LogP contribution is -2.72. The van der Waals surface area contributed by atoms with Gasteiger partial charge in [-0.15, -0.1) is 0 Å². The zero-order valence-electron chi connectivity index (χ0n) is 18.4. The summed E-state index contributed by atoms with van der Waals surface area (Å²) in [5.41, 5.74) is 1.88. The Balaban J connectivity index is 1.75. The summed E-state index contributed by atoms with van der Waals surface area (Å²) in [6.45, 7) is 12.6. The molecule has 4 nitrogen and oxygen atoms in total. The fourth-order valence-corrected chi connectivity index (χ4v) is 5.04. The van der Waals surface area contributed by atoms with E-state index in [1.807, 2.05) is 38.1 Å². The van der Waals surface area contributed by atoms with Crippen molar-refractivity contribution >= 4 is 23.1 Å². The van der Waals surface area contributed by atoms with E-state index in [1.54, 1.807) is 18.2 Å². The largest absolute Gasteiger partial charge is 0.489 e. The fraction of sp³-hybridized carbons (Fsp3) is 0.440. The summed E-state index contributed by atoms with van der Waals surface area (Å²) in [5.74, 6) is 0.808. The van der Waals surface area contributed by atoms with Crippen LogP contribution in [-0.2, 0) is 0 Å². The van der Waals surface area contributed by atoms with Crippen molar-refractivity contribution in [1.82, 2.24) is 0 Å². The molecule has 5 heteroatoms. The summed E-state index contributed by atoms with van der Waals surface area (Å²) in [7, 11) is 0. The Bertz CT molecular complexity index is 971. The first kappa shape index (κ1) is 22.2. The van der Waals surface area contributed by atoms with Crippen molar-refractivity contribution in [1.29, 1.82) is 5.26 Å². The number of nitrogens with one attached hydrogen (secondary N) is 1. The molecule has 0 radical (unpaired) electrons. The maximum Gasteiger partial charge on any atom is 0.165 e. The van der Waals surface area contributed by atoms with Gasteiger partial charge >= 0.3 is 0 Å². The number of hydrogen-bond acceptors (Lipinski definition) is 4. The van der Waals surface area contributed by atoms with Crippen molar-refractivity contribution in [2.45, 2.75) is 53.7 Å². The number of anilines is 1. The molecule has 0 spiro atoms. The van der Waals surface area contributed by atoms with Gasteiger partial charge in [-0.3, -0.25) is 4.79 Å². The number of nitrogens with zero attached hydrogens (tertiary/aromatic N) is 1. The number of benzene rings is 2. The molecule has 1 aliphatic carbocycles. The fourth-order valence-electron chi connectivity index (χ4n) is 4.83. The molecular weight excluding hydrogens is 396 g/mol. The monoisotopic (exact) mass is 424 g/mol. The van der Waals surface area contributed by atoms with Crippen LogP contribution in [0.15, 0.2) is 42.5 Å². The maximum absolute atomic E-state index is 12.2. The summed E-state index contributed by atoms with van der Waals surface area (Å²) < 4.78 is 6.33. The molecule has 0 aromatic heterocycles. The van der Waals surface area contributed by atoms with Gasteiger partial charge in [0.15, 0.2) is 5.78 Å². The second-order valence-corrected chi connectivity index (χ2v) is 9.97. The molecule has 1 saturated carbocycles. The topological polar surface area (TPSA) is 62.1 Å². The van der Waals surface area contributed by atoms with Gasteiger partial charge in [-0.25, -0.2) is 0 Å². The molecule has 0 aliphatic heterocycles. The van der Waals surface area contributed by atoms with Crippen LogP contribution < -0.4 is 10.1 Å². The lowest BCUT2D eigenvalue weighted by atomic mass is 9.49. The molecule has 0 atom stereocenters. The molecule has 3 rings (SSSR count). The van der Waals surface area contributed by atoms with E-state index in [0.29, 0.717) is 16.3 Å². The number of ketones is 1. The van der Waals surface area contributed by atoms with Gasteiger partial charge in [-0.2, -0.15) is 5.26 Å². The van der Waals surface area contributed by atoms with E-state index in [2.05, 4.69) is 39.1 Å². The third-order valence-electron chi connectivity index (χ3n) is 6.16. The molecule has 0 amide bonds. The van der Waals surface area contributed by atoms with E-state index in [-0.39, 0.29) is 34.7 Å². The molecule has 0 bridgehead atoms. The first-order valence-electron chi connectivity index (χ1n) is 10.3. The predicted molar refractivity (Wildman–Crippen MR) is 121 cm³/mol. The molecular formula is C25H29ClN2O2. The lowest BCUT2D eigenvalue weighted by Gasteiger charge is -2.63. The van der Waals surface area contributed by atoms with Gasteiger partial charge in [0, 0.05) is 40.1 Å². The highest BCUT2D eigenvalue weighted by atomic mass is 35.5. The minimum Gasteiger partial charge on any atom is -0.489 e. The van der Waals surface area contributed by atoms with Crippen LogP contribution >= 0.6 is 11.6 Å². The van der Waals surface area contributed by atoms with Gasteiger partial charge in [0.05, 0.1) is 10.6 Å². The molecule has 1 fully saturated rings. The van der Waals surface area contributed by atoms with Crippen molar-refractivity contribution in [2.75, 3.05) is 5.32 Å². The third kappa shape index (κ3) is 3.91. The van der Waals surface area contributed by atoms with E-state index in [4.69, 9.17) is 21.6 Å². The van der Waals surface area contributed by atoms with Gasteiger partial charge in [0.25, 0.3) is 0 Å². The summed E-state index contributed by atoms with van der Waals surface area (Å²) in [6, 6.07) is 15.1. The number of carbonyl (C=O) groups excluding carboxylic acids is 1. The van der Waals surface area contributed by atoms with Crippen LogP contribution in [-0.4, -0.2) is 17.9 Å². The Hall–Kier alpha value is -2.51. The van der Waals surface area contributed by atoms with Crippen LogP contribution in [0.5, 0.6) is 5.75 Å². The van der Waals surface area contributed by atoms with Crippen molar-refractivity contribution in [3.05, 3.63) is 58.6 Å². The molecule has 0 unspecified atom stereocenters. The Kier molecular flexibility index (Phi) is 5.89. The number of carbonyl (C=O) groups is 1. The van der Waals surface area contributed by atoms with Crippen molar-refractivity contribution in [3.63, 3.8) is 0 Å². The van der Waals surface area contributed by atoms with Gasteiger partial charge in [0.2, 0.25) is 0 Å². The van der Waals surface area contributed by atoms with E-state index in [9.17, 15) is 4.79 Å². The minimum atomic E-state index is -0.143. The van der Waals surface area contributed by atoms with Gasteiger partial charge in [0.1, 0.15) is 17.9 Å². The first-order chi connectivity index (χ1) is 14.0. The van der Waals surface area contributed by atoms with Gasteiger partial charge < -0.3 is 10.1 Å². The maximum atomic E-state index is 12.2. The molecule has 1 aliphatic rings. The molecule has 158 valence electrons. The zero-order chi connectivity index (χ0) is 22.3. The minimum absolute atomic E-state index is 0.0121. The summed E-state index contributed by atoms with van der Waals surface area (Å²) in [6.07, 6.45) is -0.0340. The van der Waals surface area contributed by atoms with Crippen molar-refractivity contribution in [2.24, 2.45) is 16.7 Å². The normalized spacial score (nSPS) is 21.4. The number of hydrogen-bond donors (Lipinski definition) is 1. The Labute approximate surface area is 184 Å². The standard InChI is InChI=1S/C25H29ClN2O2/c1-15(2)21(29)16-7-10-18(11-8-16)28-22-24(3,4)23(25(22,5)6)30-19-12-9-17(14-27)20(26)13-19/h7-13,15,22-23,28H,1-6H3. The summed E-state index contributed by atoms with van der Waals surface area (Å²) >= 11 is 6.17. The average Bonchev–Trinajstić information content (AvgIpc) is 2.69.